The topological polar surface area (TPSA) is 86.5 Å². The molecule has 2 aromatic rings. The normalized spacial score (nSPS) is 15.7. The lowest BCUT2D eigenvalue weighted by Gasteiger charge is -2.25. The minimum Gasteiger partial charge on any atom is -0.494 e. The summed E-state index contributed by atoms with van der Waals surface area (Å²) in [7, 11) is 0. The molecule has 0 bridgehead atoms. The number of benzene rings is 1. The van der Waals surface area contributed by atoms with Gasteiger partial charge in [-0.3, -0.25) is 4.57 Å². The van der Waals surface area contributed by atoms with E-state index in [1.807, 2.05) is 24.3 Å². The van der Waals surface area contributed by atoms with Crippen molar-refractivity contribution in [3.63, 3.8) is 0 Å². The predicted octanol–water partition coefficient (Wildman–Crippen LogP) is 3.78. The van der Waals surface area contributed by atoms with Crippen molar-refractivity contribution in [3.05, 3.63) is 47.0 Å². The van der Waals surface area contributed by atoms with Gasteiger partial charge in [0.2, 0.25) is 0 Å². The number of hydrogen-bond acceptors (Lipinski definition) is 3. The van der Waals surface area contributed by atoms with Crippen LogP contribution >= 0.6 is 11.6 Å². The second kappa shape index (κ2) is 8.36. The van der Waals surface area contributed by atoms with Gasteiger partial charge in [0.1, 0.15) is 0 Å². The fourth-order valence-corrected chi connectivity index (χ4v) is 3.81. The van der Waals surface area contributed by atoms with Crippen LogP contribution in [-0.4, -0.2) is 27.4 Å². The highest BCUT2D eigenvalue weighted by Gasteiger charge is 2.27. The van der Waals surface area contributed by atoms with Crippen molar-refractivity contribution >= 4 is 17.6 Å². The van der Waals surface area contributed by atoms with Gasteiger partial charge < -0.3 is 20.8 Å². The molecular weight excluding hydrogens is 354 g/mol. The first kappa shape index (κ1) is 18.5. The highest BCUT2D eigenvalue weighted by molar-refractivity contribution is 6.30. The Morgan fingerprint density at radius 2 is 1.88 bits per heavy atom. The van der Waals surface area contributed by atoms with Gasteiger partial charge in [0.15, 0.2) is 11.8 Å². The number of hydrogen-bond donors (Lipinski definition) is 4. The summed E-state index contributed by atoms with van der Waals surface area (Å²) in [5, 5.41) is 25.8. The highest BCUT2D eigenvalue weighted by Crippen LogP contribution is 2.36. The number of aromatic nitrogens is 1. The third-order valence-corrected chi connectivity index (χ3v) is 5.16. The number of amides is 2. The van der Waals surface area contributed by atoms with Crippen molar-refractivity contribution in [2.24, 2.45) is 5.92 Å². The molecule has 1 aliphatic carbocycles. The molecule has 1 atom stereocenters. The zero-order valence-corrected chi connectivity index (χ0v) is 15.2. The van der Waals surface area contributed by atoms with Crippen LogP contribution in [0.25, 0.3) is 0 Å². The van der Waals surface area contributed by atoms with Crippen LogP contribution in [0.4, 0.5) is 4.79 Å². The zero-order chi connectivity index (χ0) is 18.5. The quantitative estimate of drug-likeness (QED) is 0.617. The third-order valence-electron chi connectivity index (χ3n) is 4.92. The first-order chi connectivity index (χ1) is 12.5. The van der Waals surface area contributed by atoms with E-state index in [9.17, 15) is 15.0 Å². The van der Waals surface area contributed by atoms with Gasteiger partial charge in [0, 0.05) is 30.2 Å². The maximum atomic E-state index is 12.4. The lowest BCUT2D eigenvalue weighted by Crippen LogP contribution is -2.41. The Labute approximate surface area is 157 Å². The number of carbonyl (C=O) groups excluding carboxylic acids is 1. The summed E-state index contributed by atoms with van der Waals surface area (Å²) in [6, 6.07) is 10.1. The second-order valence-electron chi connectivity index (χ2n) is 6.68. The van der Waals surface area contributed by atoms with E-state index in [1.165, 1.54) is 29.5 Å². The Bertz CT molecular complexity index is 737. The zero-order valence-electron chi connectivity index (χ0n) is 14.5. The Morgan fingerprint density at radius 3 is 2.54 bits per heavy atom. The molecule has 0 aliphatic heterocycles. The largest absolute Gasteiger partial charge is 0.494 e. The molecule has 7 heteroatoms. The van der Waals surface area contributed by atoms with Gasteiger partial charge in [-0.1, -0.05) is 36.6 Å². The number of halogens is 1. The Kier molecular flexibility index (Phi) is 5.93. The van der Waals surface area contributed by atoms with E-state index in [2.05, 4.69) is 10.6 Å². The van der Waals surface area contributed by atoms with Gasteiger partial charge in [0.25, 0.3) is 0 Å². The van der Waals surface area contributed by atoms with Gasteiger partial charge in [-0.2, -0.15) is 0 Å². The summed E-state index contributed by atoms with van der Waals surface area (Å²) in [5.74, 6) is 0.330. The number of carbonyl (C=O) groups is 1. The van der Waals surface area contributed by atoms with Crippen molar-refractivity contribution in [2.45, 2.75) is 38.3 Å². The molecule has 6 nitrogen and oxygen atoms in total. The molecule has 1 saturated carbocycles. The smallest absolute Gasteiger partial charge is 0.315 e. The molecule has 1 aromatic heterocycles. The monoisotopic (exact) mass is 377 g/mol. The first-order valence-corrected chi connectivity index (χ1v) is 9.29. The molecule has 0 radical (unpaired) electrons. The number of urea groups is 1. The third kappa shape index (κ3) is 4.43. The number of rotatable bonds is 6. The standard InChI is InChI=1S/C19H24ClN3O3/c20-15-7-3-6-14(12-15)18(13-4-1-2-5-13)22-19(26)21-10-11-23-16(24)8-9-17(23)25/h3,6-9,12-13,18,24-25H,1-2,4-5,10-11H2,(H2,21,22,26)/t18-/m0/s1. The Hall–Kier alpha value is -2.34. The van der Waals surface area contributed by atoms with Gasteiger partial charge in [0.05, 0.1) is 6.04 Å². The van der Waals surface area contributed by atoms with Crippen LogP contribution in [0, 0.1) is 5.92 Å². The van der Waals surface area contributed by atoms with Crippen molar-refractivity contribution in [2.75, 3.05) is 6.54 Å². The maximum Gasteiger partial charge on any atom is 0.315 e. The summed E-state index contributed by atoms with van der Waals surface area (Å²) in [5.41, 5.74) is 1.01. The molecule has 0 spiro atoms. The van der Waals surface area contributed by atoms with E-state index in [4.69, 9.17) is 11.6 Å². The second-order valence-corrected chi connectivity index (χ2v) is 7.12. The van der Waals surface area contributed by atoms with Crippen LogP contribution in [0.3, 0.4) is 0 Å². The Balaban J connectivity index is 1.60. The van der Waals surface area contributed by atoms with Crippen LogP contribution in [0.5, 0.6) is 11.8 Å². The fraction of sp³-hybridized carbons (Fsp3) is 0.421. The molecule has 1 heterocycles. The molecule has 0 saturated heterocycles. The van der Waals surface area contributed by atoms with Crippen LogP contribution < -0.4 is 10.6 Å². The average molecular weight is 378 g/mol. The lowest BCUT2D eigenvalue weighted by molar-refractivity contribution is 0.230. The van der Waals surface area contributed by atoms with E-state index in [0.29, 0.717) is 10.9 Å². The summed E-state index contributed by atoms with van der Waals surface area (Å²) >= 11 is 6.12. The SMILES string of the molecule is O=C(NCCn1c(O)ccc1O)N[C@H](c1cccc(Cl)c1)C1CCCC1. The van der Waals surface area contributed by atoms with E-state index >= 15 is 0 Å². The van der Waals surface area contributed by atoms with Crippen molar-refractivity contribution < 1.29 is 15.0 Å². The van der Waals surface area contributed by atoms with E-state index in [-0.39, 0.29) is 36.9 Å². The lowest BCUT2D eigenvalue weighted by atomic mass is 9.92. The molecule has 4 N–H and O–H groups in total. The summed E-state index contributed by atoms with van der Waals surface area (Å²) in [4.78, 5) is 12.4. The van der Waals surface area contributed by atoms with Crippen molar-refractivity contribution in [1.82, 2.24) is 15.2 Å². The van der Waals surface area contributed by atoms with E-state index in [1.54, 1.807) is 0 Å². The average Bonchev–Trinajstić information content (AvgIpc) is 3.25. The number of aromatic hydroxyl groups is 2. The van der Waals surface area contributed by atoms with Crippen molar-refractivity contribution in [1.29, 1.82) is 0 Å². The molecule has 2 amide bonds. The fourth-order valence-electron chi connectivity index (χ4n) is 3.61. The Morgan fingerprint density at radius 1 is 1.19 bits per heavy atom. The molecular formula is C19H24ClN3O3. The number of nitrogens with one attached hydrogen (secondary N) is 2. The molecule has 26 heavy (non-hydrogen) atoms. The molecule has 140 valence electrons. The van der Waals surface area contributed by atoms with Crippen LogP contribution in [0.1, 0.15) is 37.3 Å². The van der Waals surface area contributed by atoms with Crippen LogP contribution in [0.2, 0.25) is 5.02 Å². The van der Waals surface area contributed by atoms with Crippen molar-refractivity contribution in [3.8, 4) is 11.8 Å². The minimum absolute atomic E-state index is 0.0348. The summed E-state index contributed by atoms with van der Waals surface area (Å²) < 4.78 is 1.33. The first-order valence-electron chi connectivity index (χ1n) is 8.92. The van der Waals surface area contributed by atoms with E-state index < -0.39 is 0 Å². The van der Waals surface area contributed by atoms with Gasteiger partial charge in [-0.15, -0.1) is 0 Å². The number of nitrogens with zero attached hydrogens (tertiary/aromatic N) is 1. The molecule has 3 rings (SSSR count). The molecule has 0 unspecified atom stereocenters. The summed E-state index contributed by atoms with van der Waals surface area (Å²) in [6.45, 7) is 0.567. The summed E-state index contributed by atoms with van der Waals surface area (Å²) in [6.07, 6.45) is 4.53. The minimum atomic E-state index is -0.270. The van der Waals surface area contributed by atoms with Gasteiger partial charge >= 0.3 is 6.03 Å². The van der Waals surface area contributed by atoms with Crippen LogP contribution in [-0.2, 0) is 6.54 Å². The highest BCUT2D eigenvalue weighted by atomic mass is 35.5. The molecule has 1 fully saturated rings. The predicted molar refractivity (Wildman–Crippen MR) is 100 cm³/mol. The molecule has 1 aliphatic rings. The van der Waals surface area contributed by atoms with Gasteiger partial charge in [-0.05, 0) is 36.5 Å². The molecule has 1 aromatic carbocycles. The van der Waals surface area contributed by atoms with Crippen LogP contribution in [0.15, 0.2) is 36.4 Å². The maximum absolute atomic E-state index is 12.4. The van der Waals surface area contributed by atoms with E-state index in [0.717, 1.165) is 18.4 Å². The van der Waals surface area contributed by atoms with Gasteiger partial charge in [-0.25, -0.2) is 4.79 Å².